The highest BCUT2D eigenvalue weighted by Gasteiger charge is 2.30. The van der Waals surface area contributed by atoms with Crippen molar-refractivity contribution >= 4 is 17.7 Å². The van der Waals surface area contributed by atoms with Crippen LogP contribution in [-0.2, 0) is 6.18 Å². The van der Waals surface area contributed by atoms with E-state index in [1.165, 1.54) is 18.2 Å². The largest absolute Gasteiger partial charge is 0.478 e. The van der Waals surface area contributed by atoms with Gasteiger partial charge in [0.2, 0.25) is 0 Å². The topological polar surface area (TPSA) is 37.3 Å². The van der Waals surface area contributed by atoms with Crippen molar-refractivity contribution in [1.29, 1.82) is 0 Å². The normalized spacial score (nSPS) is 11.3. The van der Waals surface area contributed by atoms with Gasteiger partial charge in [0.25, 0.3) is 0 Å². The molecule has 0 saturated heterocycles. The van der Waals surface area contributed by atoms with Gasteiger partial charge in [0.05, 0.1) is 11.1 Å². The summed E-state index contributed by atoms with van der Waals surface area (Å²) >= 11 is 0.992. The molecule has 0 unspecified atom stereocenters. The highest BCUT2D eigenvalue weighted by Crippen LogP contribution is 2.35. The van der Waals surface area contributed by atoms with E-state index < -0.39 is 17.7 Å². The van der Waals surface area contributed by atoms with E-state index in [1.54, 1.807) is 18.2 Å². The molecular weight excluding hydrogens is 289 g/mol. The van der Waals surface area contributed by atoms with E-state index in [0.717, 1.165) is 23.9 Å². The Bertz CT molecular complexity index is 638. The van der Waals surface area contributed by atoms with Crippen molar-refractivity contribution in [2.24, 2.45) is 0 Å². The summed E-state index contributed by atoms with van der Waals surface area (Å²) in [4.78, 5) is 11.8. The van der Waals surface area contributed by atoms with Crippen molar-refractivity contribution in [3.05, 3.63) is 59.7 Å². The van der Waals surface area contributed by atoms with Gasteiger partial charge in [-0.2, -0.15) is 13.2 Å². The summed E-state index contributed by atoms with van der Waals surface area (Å²) in [5.41, 5.74) is -0.690. The number of carboxylic acid groups (broad SMARTS) is 1. The number of halogens is 3. The van der Waals surface area contributed by atoms with E-state index in [1.807, 2.05) is 0 Å². The highest BCUT2D eigenvalue weighted by atomic mass is 32.2. The summed E-state index contributed by atoms with van der Waals surface area (Å²) in [6.45, 7) is 0. The van der Waals surface area contributed by atoms with Crippen LogP contribution in [0.2, 0.25) is 0 Å². The second-order valence-corrected chi connectivity index (χ2v) is 5.04. The monoisotopic (exact) mass is 298 g/mol. The summed E-state index contributed by atoms with van der Waals surface area (Å²) in [5, 5.41) is 9.03. The Balaban J connectivity index is 2.34. The molecule has 20 heavy (non-hydrogen) atoms. The lowest BCUT2D eigenvalue weighted by atomic mass is 10.2. The number of benzene rings is 2. The number of alkyl halides is 3. The number of carboxylic acids is 1. The van der Waals surface area contributed by atoms with E-state index in [-0.39, 0.29) is 5.56 Å². The molecule has 0 saturated carbocycles. The van der Waals surface area contributed by atoms with Crippen molar-refractivity contribution in [2.45, 2.75) is 16.0 Å². The third-order valence-corrected chi connectivity index (χ3v) is 3.57. The molecule has 2 aromatic rings. The first-order valence-corrected chi connectivity index (χ1v) is 6.37. The fourth-order valence-corrected chi connectivity index (χ4v) is 2.59. The van der Waals surface area contributed by atoms with Crippen LogP contribution < -0.4 is 0 Å². The fourth-order valence-electron chi connectivity index (χ4n) is 1.60. The smallest absolute Gasteiger partial charge is 0.416 e. The third kappa shape index (κ3) is 3.33. The van der Waals surface area contributed by atoms with Crippen molar-refractivity contribution in [1.82, 2.24) is 0 Å². The molecule has 0 radical (unpaired) electrons. The van der Waals surface area contributed by atoms with E-state index in [9.17, 15) is 18.0 Å². The zero-order chi connectivity index (χ0) is 14.8. The fraction of sp³-hybridized carbons (Fsp3) is 0.0714. The van der Waals surface area contributed by atoms with Gasteiger partial charge in [-0.05, 0) is 30.3 Å². The van der Waals surface area contributed by atoms with Gasteiger partial charge in [-0.1, -0.05) is 30.0 Å². The van der Waals surface area contributed by atoms with E-state index in [4.69, 9.17) is 5.11 Å². The summed E-state index contributed by atoms with van der Waals surface area (Å²) in [5.74, 6) is -1.11. The summed E-state index contributed by atoms with van der Waals surface area (Å²) in [6.07, 6.45) is -4.41. The molecule has 0 fully saturated rings. The number of aromatic carboxylic acids is 1. The lowest BCUT2D eigenvalue weighted by molar-refractivity contribution is -0.137. The van der Waals surface area contributed by atoms with E-state index >= 15 is 0 Å². The Labute approximate surface area is 117 Å². The Morgan fingerprint density at radius 1 is 1.05 bits per heavy atom. The Morgan fingerprint density at radius 2 is 1.75 bits per heavy atom. The Kier molecular flexibility index (Phi) is 4.04. The molecule has 2 nitrogen and oxygen atoms in total. The van der Waals surface area contributed by atoms with Gasteiger partial charge in [0, 0.05) is 9.79 Å². The molecule has 104 valence electrons. The van der Waals surface area contributed by atoms with Gasteiger partial charge in [0.15, 0.2) is 0 Å². The molecule has 0 aliphatic carbocycles. The van der Waals surface area contributed by atoms with Crippen LogP contribution in [0, 0.1) is 0 Å². The maximum absolute atomic E-state index is 12.6. The van der Waals surface area contributed by atoms with E-state index in [0.29, 0.717) is 9.79 Å². The molecule has 6 heteroatoms. The molecule has 0 heterocycles. The van der Waals surface area contributed by atoms with E-state index in [2.05, 4.69) is 0 Å². The van der Waals surface area contributed by atoms with Crippen LogP contribution in [0.4, 0.5) is 13.2 Å². The second-order valence-electron chi connectivity index (χ2n) is 3.93. The standard InChI is InChI=1S/C14H9F3O2S/c15-14(16,17)9-4-3-5-10(8-9)20-12-7-2-1-6-11(12)13(18)19/h1-8H,(H,18,19). The molecule has 1 N–H and O–H groups in total. The SMILES string of the molecule is O=C(O)c1ccccc1Sc1cccc(C(F)(F)F)c1. The Hall–Kier alpha value is -1.95. The Morgan fingerprint density at radius 3 is 2.40 bits per heavy atom. The molecular formula is C14H9F3O2S. The predicted octanol–water partition coefficient (Wildman–Crippen LogP) is 4.55. The third-order valence-electron chi connectivity index (χ3n) is 2.51. The molecule has 0 aliphatic heterocycles. The zero-order valence-corrected chi connectivity index (χ0v) is 10.8. The number of hydrogen-bond acceptors (Lipinski definition) is 2. The average molecular weight is 298 g/mol. The van der Waals surface area contributed by atoms with Crippen LogP contribution >= 0.6 is 11.8 Å². The molecule has 0 aliphatic rings. The van der Waals surface area contributed by atoms with Crippen LogP contribution in [0.15, 0.2) is 58.3 Å². The number of rotatable bonds is 3. The lowest BCUT2D eigenvalue weighted by Gasteiger charge is -2.09. The molecule has 0 amide bonds. The molecule has 0 spiro atoms. The minimum atomic E-state index is -4.41. The van der Waals surface area contributed by atoms with Gasteiger partial charge in [-0.15, -0.1) is 0 Å². The number of hydrogen-bond donors (Lipinski definition) is 1. The maximum atomic E-state index is 12.6. The van der Waals surface area contributed by atoms with Crippen molar-refractivity contribution in [2.75, 3.05) is 0 Å². The van der Waals surface area contributed by atoms with Gasteiger partial charge in [-0.25, -0.2) is 4.79 Å². The van der Waals surface area contributed by atoms with Crippen molar-refractivity contribution in [3.8, 4) is 0 Å². The summed E-state index contributed by atoms with van der Waals surface area (Å²) < 4.78 is 37.8. The van der Waals surface area contributed by atoms with Gasteiger partial charge in [-0.3, -0.25) is 0 Å². The summed E-state index contributed by atoms with van der Waals surface area (Å²) in [7, 11) is 0. The maximum Gasteiger partial charge on any atom is 0.416 e. The molecule has 0 atom stereocenters. The number of carbonyl (C=O) groups is 1. The van der Waals surface area contributed by atoms with Crippen LogP contribution in [0.1, 0.15) is 15.9 Å². The van der Waals surface area contributed by atoms with Gasteiger partial charge >= 0.3 is 12.1 Å². The summed E-state index contributed by atoms with van der Waals surface area (Å²) in [6, 6.07) is 11.0. The van der Waals surface area contributed by atoms with Crippen molar-refractivity contribution in [3.63, 3.8) is 0 Å². The molecule has 2 rings (SSSR count). The minimum Gasteiger partial charge on any atom is -0.478 e. The molecule has 0 aromatic heterocycles. The molecule has 2 aromatic carbocycles. The van der Waals surface area contributed by atoms with Crippen LogP contribution in [0.25, 0.3) is 0 Å². The zero-order valence-electron chi connectivity index (χ0n) is 10.0. The second kappa shape index (κ2) is 5.58. The highest BCUT2D eigenvalue weighted by molar-refractivity contribution is 7.99. The minimum absolute atomic E-state index is 0.0647. The van der Waals surface area contributed by atoms with Crippen molar-refractivity contribution < 1.29 is 23.1 Å². The lowest BCUT2D eigenvalue weighted by Crippen LogP contribution is -2.04. The van der Waals surface area contributed by atoms with Crippen LogP contribution in [0.5, 0.6) is 0 Å². The first kappa shape index (κ1) is 14.5. The first-order chi connectivity index (χ1) is 9.38. The van der Waals surface area contributed by atoms with Gasteiger partial charge < -0.3 is 5.11 Å². The van der Waals surface area contributed by atoms with Crippen LogP contribution in [0.3, 0.4) is 0 Å². The first-order valence-electron chi connectivity index (χ1n) is 5.55. The molecule has 0 bridgehead atoms. The quantitative estimate of drug-likeness (QED) is 0.903. The predicted molar refractivity (Wildman–Crippen MR) is 69.0 cm³/mol. The van der Waals surface area contributed by atoms with Crippen LogP contribution in [-0.4, -0.2) is 11.1 Å². The average Bonchev–Trinajstić information content (AvgIpc) is 2.38. The van der Waals surface area contributed by atoms with Gasteiger partial charge in [0.1, 0.15) is 0 Å².